The van der Waals surface area contributed by atoms with Gasteiger partial charge in [-0.1, -0.05) is 23.9 Å². The first-order valence-electron chi connectivity index (χ1n) is 9.42. The van der Waals surface area contributed by atoms with Crippen LogP contribution in [0, 0.1) is 18.6 Å². The predicted molar refractivity (Wildman–Crippen MR) is 109 cm³/mol. The Morgan fingerprint density at radius 2 is 1.80 bits per heavy atom. The van der Waals surface area contributed by atoms with Gasteiger partial charge in [-0.25, -0.2) is 8.78 Å². The van der Waals surface area contributed by atoms with Crippen LogP contribution in [-0.4, -0.2) is 40.7 Å². The molecule has 2 aromatic heterocycles. The molecule has 2 aromatic carbocycles. The maximum Gasteiger partial charge on any atom is 0.191 e. The lowest BCUT2D eigenvalue weighted by atomic mass is 10.2. The van der Waals surface area contributed by atoms with Gasteiger partial charge in [0.25, 0.3) is 0 Å². The molecule has 30 heavy (non-hydrogen) atoms. The fourth-order valence-electron chi connectivity index (χ4n) is 3.02. The van der Waals surface area contributed by atoms with Gasteiger partial charge in [-0.05, 0) is 48.9 Å². The Balaban J connectivity index is 1.44. The third-order valence-electron chi connectivity index (χ3n) is 4.40. The number of thioether (sulfide) groups is 1. The van der Waals surface area contributed by atoms with Crippen molar-refractivity contribution in [3.05, 3.63) is 65.5 Å². The van der Waals surface area contributed by atoms with Gasteiger partial charge in [-0.15, -0.1) is 25.2 Å². The highest BCUT2D eigenvalue weighted by Gasteiger charge is 2.15. The monoisotopic (exact) mass is 427 g/mol. The van der Waals surface area contributed by atoms with Crippen LogP contribution in [-0.2, 0) is 13.0 Å². The average Bonchev–Trinajstić information content (AvgIpc) is 3.34. The first kappa shape index (κ1) is 20.1. The van der Waals surface area contributed by atoms with Crippen molar-refractivity contribution in [2.45, 2.75) is 32.0 Å². The van der Waals surface area contributed by atoms with Crippen LogP contribution in [0.3, 0.4) is 0 Å². The van der Waals surface area contributed by atoms with E-state index in [9.17, 15) is 8.78 Å². The first-order valence-corrected chi connectivity index (χ1v) is 10.4. The van der Waals surface area contributed by atoms with Crippen LogP contribution in [0.4, 0.5) is 8.78 Å². The zero-order valence-corrected chi connectivity index (χ0v) is 17.3. The van der Waals surface area contributed by atoms with Crippen molar-refractivity contribution in [3.8, 4) is 17.1 Å². The molecule has 0 spiro atoms. The van der Waals surface area contributed by atoms with E-state index in [1.165, 1.54) is 28.7 Å². The molecule has 154 valence electrons. The van der Waals surface area contributed by atoms with Gasteiger partial charge in [-0.3, -0.25) is 0 Å². The quantitative estimate of drug-likeness (QED) is 0.417. The Kier molecular flexibility index (Phi) is 5.84. The van der Waals surface area contributed by atoms with E-state index in [2.05, 4.69) is 25.6 Å². The molecule has 0 aliphatic heterocycles. The van der Waals surface area contributed by atoms with Gasteiger partial charge in [0, 0.05) is 30.3 Å². The van der Waals surface area contributed by atoms with Gasteiger partial charge >= 0.3 is 0 Å². The third-order valence-corrected chi connectivity index (χ3v) is 5.37. The lowest BCUT2D eigenvalue weighted by molar-refractivity contribution is 0.583. The third kappa shape index (κ3) is 4.38. The normalized spacial score (nSPS) is 11.2. The van der Waals surface area contributed by atoms with Gasteiger partial charge in [0.2, 0.25) is 0 Å². The van der Waals surface area contributed by atoms with Crippen molar-refractivity contribution < 1.29 is 8.78 Å². The molecule has 0 unspecified atom stereocenters. The van der Waals surface area contributed by atoms with E-state index in [4.69, 9.17) is 0 Å². The lowest BCUT2D eigenvalue weighted by Gasteiger charge is -2.07. The van der Waals surface area contributed by atoms with Crippen molar-refractivity contribution in [1.82, 2.24) is 35.0 Å². The fraction of sp³-hybridized carbons (Fsp3) is 0.250. The summed E-state index contributed by atoms with van der Waals surface area (Å²) in [5.74, 6) is 0.427. The SMILES string of the molecule is CCn1c(SCCc2nnn(-c3cccc(C)c3)n2)nnc1-c1cc(F)cc(F)c1. The Labute approximate surface area is 176 Å². The van der Waals surface area contributed by atoms with Gasteiger partial charge in [0.1, 0.15) is 11.6 Å². The fourth-order valence-corrected chi connectivity index (χ4v) is 3.95. The summed E-state index contributed by atoms with van der Waals surface area (Å²) in [6, 6.07) is 11.2. The molecule has 2 heterocycles. The van der Waals surface area contributed by atoms with Gasteiger partial charge in [-0.2, -0.15) is 0 Å². The minimum Gasteiger partial charge on any atom is -0.302 e. The average molecular weight is 427 g/mol. The molecule has 0 saturated heterocycles. The second kappa shape index (κ2) is 8.70. The summed E-state index contributed by atoms with van der Waals surface area (Å²) in [7, 11) is 0. The number of aromatic nitrogens is 7. The van der Waals surface area contributed by atoms with Crippen molar-refractivity contribution in [2.24, 2.45) is 0 Å². The highest BCUT2D eigenvalue weighted by atomic mass is 32.2. The Hall–Kier alpha value is -3.14. The van der Waals surface area contributed by atoms with Crippen molar-refractivity contribution >= 4 is 11.8 Å². The Morgan fingerprint density at radius 3 is 2.53 bits per heavy atom. The Bertz CT molecular complexity index is 1150. The number of hydrogen-bond acceptors (Lipinski definition) is 6. The van der Waals surface area contributed by atoms with Crippen molar-refractivity contribution in [2.75, 3.05) is 5.75 Å². The van der Waals surface area contributed by atoms with Crippen LogP contribution < -0.4 is 0 Å². The second-order valence-corrected chi connectivity index (χ2v) is 7.70. The first-order chi connectivity index (χ1) is 14.5. The lowest BCUT2D eigenvalue weighted by Crippen LogP contribution is -2.02. The Morgan fingerprint density at radius 1 is 1.00 bits per heavy atom. The predicted octanol–water partition coefficient (Wildman–Crippen LogP) is 3.86. The van der Waals surface area contributed by atoms with E-state index in [1.54, 1.807) is 0 Å². The molecule has 0 radical (unpaired) electrons. The summed E-state index contributed by atoms with van der Waals surface area (Å²) >= 11 is 1.48. The molecule has 0 aliphatic rings. The smallest absolute Gasteiger partial charge is 0.191 e. The van der Waals surface area contributed by atoms with Crippen LogP contribution in [0.2, 0.25) is 0 Å². The molecule has 0 aliphatic carbocycles. The molecule has 0 fully saturated rings. The van der Waals surface area contributed by atoms with E-state index < -0.39 is 11.6 Å². The van der Waals surface area contributed by atoms with Gasteiger partial charge in [0.15, 0.2) is 16.8 Å². The van der Waals surface area contributed by atoms with E-state index in [1.807, 2.05) is 42.7 Å². The van der Waals surface area contributed by atoms with Crippen molar-refractivity contribution in [1.29, 1.82) is 0 Å². The van der Waals surface area contributed by atoms with Crippen LogP contribution in [0.25, 0.3) is 17.1 Å². The summed E-state index contributed by atoms with van der Waals surface area (Å²) < 4.78 is 29.0. The summed E-state index contributed by atoms with van der Waals surface area (Å²) in [5.41, 5.74) is 2.34. The molecule has 0 amide bonds. The number of halogens is 2. The molecular formula is C20H19F2N7S. The number of hydrogen-bond donors (Lipinski definition) is 0. The molecule has 0 N–H and O–H groups in total. The largest absolute Gasteiger partial charge is 0.302 e. The number of tetrazole rings is 1. The van der Waals surface area contributed by atoms with Crippen molar-refractivity contribution in [3.63, 3.8) is 0 Å². The minimum absolute atomic E-state index is 0.358. The number of benzene rings is 2. The van der Waals surface area contributed by atoms with Gasteiger partial charge in [0.05, 0.1) is 5.69 Å². The maximum absolute atomic E-state index is 13.6. The van der Waals surface area contributed by atoms with Crippen LogP contribution in [0.15, 0.2) is 47.6 Å². The van der Waals surface area contributed by atoms with E-state index >= 15 is 0 Å². The van der Waals surface area contributed by atoms with Crippen LogP contribution in [0.5, 0.6) is 0 Å². The molecule has 10 heteroatoms. The highest BCUT2D eigenvalue weighted by molar-refractivity contribution is 7.99. The molecular weight excluding hydrogens is 408 g/mol. The van der Waals surface area contributed by atoms with E-state index in [0.29, 0.717) is 41.1 Å². The number of aryl methyl sites for hydroxylation is 2. The zero-order valence-electron chi connectivity index (χ0n) is 16.5. The molecule has 0 atom stereocenters. The minimum atomic E-state index is -0.646. The summed E-state index contributed by atoms with van der Waals surface area (Å²) in [6.07, 6.45) is 0.594. The summed E-state index contributed by atoms with van der Waals surface area (Å²) in [6.45, 7) is 4.51. The second-order valence-electron chi connectivity index (χ2n) is 6.64. The van der Waals surface area contributed by atoms with E-state index in [-0.39, 0.29) is 0 Å². The summed E-state index contributed by atoms with van der Waals surface area (Å²) in [5, 5.41) is 21.6. The number of rotatable bonds is 7. The molecule has 0 bridgehead atoms. The zero-order chi connectivity index (χ0) is 21.1. The highest BCUT2D eigenvalue weighted by Crippen LogP contribution is 2.25. The van der Waals surface area contributed by atoms with Crippen LogP contribution >= 0.6 is 11.8 Å². The van der Waals surface area contributed by atoms with Crippen LogP contribution in [0.1, 0.15) is 18.3 Å². The van der Waals surface area contributed by atoms with E-state index in [0.717, 1.165) is 17.3 Å². The number of nitrogens with zero attached hydrogens (tertiary/aromatic N) is 7. The molecule has 0 saturated carbocycles. The molecule has 4 rings (SSSR count). The molecule has 4 aromatic rings. The standard InChI is InChI=1S/C20H19F2N7S/c1-3-28-19(14-10-15(21)12-16(22)11-14)24-25-20(28)30-8-7-18-23-27-29(26-18)17-6-4-5-13(2)9-17/h4-6,9-12H,3,7-8H2,1-2H3. The topological polar surface area (TPSA) is 74.3 Å². The maximum atomic E-state index is 13.6. The molecule has 7 nitrogen and oxygen atoms in total. The van der Waals surface area contributed by atoms with Gasteiger partial charge < -0.3 is 4.57 Å². The summed E-state index contributed by atoms with van der Waals surface area (Å²) in [4.78, 5) is 1.51.